The van der Waals surface area contributed by atoms with E-state index in [9.17, 15) is 45.5 Å². The molecule has 8 nitrogen and oxygen atoms in total. The molecule has 0 aliphatic carbocycles. The number of aryl methyl sites for hydroxylation is 1. The Kier molecular flexibility index (Phi) is 7.63. The average molecular weight is 570 g/mol. The Hall–Kier alpha value is -4.36. The maximum absolute atomic E-state index is 13.3. The molecule has 1 aliphatic rings. The minimum absolute atomic E-state index is 0.0119. The summed E-state index contributed by atoms with van der Waals surface area (Å²) in [5, 5.41) is 0.620. The molecule has 0 saturated heterocycles. The number of fused-ring (bicyclic) bond motifs is 2. The number of para-hydroxylation sites is 1. The molecule has 1 unspecified atom stereocenters. The fourth-order valence-corrected chi connectivity index (χ4v) is 4.50. The van der Waals surface area contributed by atoms with Crippen molar-refractivity contribution in [3.05, 3.63) is 70.9 Å². The van der Waals surface area contributed by atoms with E-state index < -0.39 is 67.7 Å². The standard InChI is InChI=1S/C26H20F6N2O6/c1-13-14-6-4-5-9-18(14)33-20(13)19(34-21(35)15-7-2-3-8-16(15)22(34)36)10-17(23(37)39-11-25(27,28)29)24(38)40-12-26(30,31)32/h2-9,17,19,33H,10-12H2,1H3. The summed E-state index contributed by atoms with van der Waals surface area (Å²) in [4.78, 5) is 55.7. The fourth-order valence-electron chi connectivity index (χ4n) is 4.50. The number of ether oxygens (including phenoxy) is 2. The largest absolute Gasteiger partial charge is 0.455 e. The molecule has 0 fully saturated rings. The lowest BCUT2D eigenvalue weighted by atomic mass is 9.94. The molecule has 0 bridgehead atoms. The van der Waals surface area contributed by atoms with E-state index in [4.69, 9.17) is 0 Å². The molecular formula is C26H20F6N2O6. The number of rotatable bonds is 8. The van der Waals surface area contributed by atoms with Gasteiger partial charge in [-0.25, -0.2) is 0 Å². The number of imide groups is 1. The number of esters is 2. The predicted octanol–water partition coefficient (Wildman–Crippen LogP) is 5.03. The molecule has 40 heavy (non-hydrogen) atoms. The second-order valence-corrected chi connectivity index (χ2v) is 8.99. The molecular weight excluding hydrogens is 550 g/mol. The van der Waals surface area contributed by atoms with Crippen LogP contribution >= 0.6 is 0 Å². The van der Waals surface area contributed by atoms with Crippen molar-refractivity contribution in [1.29, 1.82) is 0 Å². The minimum atomic E-state index is -5.01. The highest BCUT2D eigenvalue weighted by Gasteiger charge is 2.46. The first kappa shape index (κ1) is 28.6. The number of nitrogens with one attached hydrogen (secondary N) is 1. The normalized spacial score (nSPS) is 14.6. The molecule has 2 heterocycles. The van der Waals surface area contributed by atoms with E-state index in [0.717, 1.165) is 0 Å². The van der Waals surface area contributed by atoms with E-state index in [0.29, 0.717) is 21.4 Å². The van der Waals surface area contributed by atoms with Crippen molar-refractivity contribution in [2.75, 3.05) is 13.2 Å². The molecule has 2 amide bonds. The van der Waals surface area contributed by atoms with E-state index in [2.05, 4.69) is 14.5 Å². The molecule has 1 aromatic heterocycles. The van der Waals surface area contributed by atoms with Gasteiger partial charge in [-0.05, 0) is 37.1 Å². The molecule has 4 rings (SSSR count). The van der Waals surface area contributed by atoms with Crippen LogP contribution in [0.25, 0.3) is 10.9 Å². The number of aromatic amines is 1. The third-order valence-electron chi connectivity index (χ3n) is 6.26. The third kappa shape index (κ3) is 5.95. The molecule has 1 aliphatic heterocycles. The highest BCUT2D eigenvalue weighted by Crippen LogP contribution is 2.39. The summed E-state index contributed by atoms with van der Waals surface area (Å²) in [7, 11) is 0. The van der Waals surface area contributed by atoms with Crippen molar-refractivity contribution in [2.45, 2.75) is 31.7 Å². The maximum Gasteiger partial charge on any atom is 0.422 e. The van der Waals surface area contributed by atoms with Crippen LogP contribution in [0.4, 0.5) is 26.3 Å². The molecule has 0 radical (unpaired) electrons. The van der Waals surface area contributed by atoms with Crippen LogP contribution in [-0.4, -0.2) is 59.2 Å². The van der Waals surface area contributed by atoms with Crippen LogP contribution in [0.3, 0.4) is 0 Å². The van der Waals surface area contributed by atoms with Crippen molar-refractivity contribution in [3.8, 4) is 0 Å². The Morgan fingerprint density at radius 1 is 0.825 bits per heavy atom. The van der Waals surface area contributed by atoms with Gasteiger partial charge >= 0.3 is 24.3 Å². The summed E-state index contributed by atoms with van der Waals surface area (Å²) in [5.74, 6) is -7.70. The zero-order chi connectivity index (χ0) is 29.4. The SMILES string of the molecule is Cc1c(C(CC(C(=O)OCC(F)(F)F)C(=O)OCC(F)(F)F)N2C(=O)c3ccccc3C2=O)[nH]c2ccccc12. The number of nitrogens with zero attached hydrogens (tertiary/aromatic N) is 1. The first-order valence-corrected chi connectivity index (χ1v) is 11.7. The molecule has 0 spiro atoms. The van der Waals surface area contributed by atoms with Crippen LogP contribution in [-0.2, 0) is 19.1 Å². The second kappa shape index (κ2) is 10.7. The number of H-pyrrole nitrogens is 1. The number of hydrogen-bond acceptors (Lipinski definition) is 6. The first-order chi connectivity index (χ1) is 18.7. The van der Waals surface area contributed by atoms with Crippen LogP contribution in [0.5, 0.6) is 0 Å². The van der Waals surface area contributed by atoms with E-state index in [1.807, 2.05) is 0 Å². The third-order valence-corrected chi connectivity index (χ3v) is 6.26. The van der Waals surface area contributed by atoms with Gasteiger partial charge in [-0.15, -0.1) is 0 Å². The summed E-state index contributed by atoms with van der Waals surface area (Å²) < 4.78 is 84.8. The number of carbonyl (C=O) groups is 4. The smallest absolute Gasteiger partial charge is 0.422 e. The number of hydrogen-bond donors (Lipinski definition) is 1. The lowest BCUT2D eigenvalue weighted by molar-refractivity contribution is -0.199. The number of aromatic nitrogens is 1. The van der Waals surface area contributed by atoms with Crippen molar-refractivity contribution < 1.29 is 55.0 Å². The van der Waals surface area contributed by atoms with Gasteiger partial charge in [0.05, 0.1) is 17.2 Å². The van der Waals surface area contributed by atoms with Crippen molar-refractivity contribution in [1.82, 2.24) is 9.88 Å². The van der Waals surface area contributed by atoms with Gasteiger partial charge < -0.3 is 14.5 Å². The van der Waals surface area contributed by atoms with Crippen LogP contribution < -0.4 is 0 Å². The number of halogens is 6. The minimum Gasteiger partial charge on any atom is -0.455 e. The van der Waals surface area contributed by atoms with E-state index in [1.54, 1.807) is 31.2 Å². The van der Waals surface area contributed by atoms with E-state index >= 15 is 0 Å². The van der Waals surface area contributed by atoms with Gasteiger partial charge in [0.15, 0.2) is 19.1 Å². The van der Waals surface area contributed by atoms with E-state index in [-0.39, 0.29) is 16.8 Å². The number of carbonyl (C=O) groups excluding carboxylic acids is 4. The highest BCUT2D eigenvalue weighted by molar-refractivity contribution is 6.21. The predicted molar refractivity (Wildman–Crippen MR) is 125 cm³/mol. The zero-order valence-electron chi connectivity index (χ0n) is 20.6. The van der Waals surface area contributed by atoms with Gasteiger partial charge in [-0.3, -0.25) is 24.1 Å². The van der Waals surface area contributed by atoms with Crippen molar-refractivity contribution in [3.63, 3.8) is 0 Å². The maximum atomic E-state index is 13.3. The monoisotopic (exact) mass is 570 g/mol. The van der Waals surface area contributed by atoms with Gasteiger partial charge in [0.25, 0.3) is 11.8 Å². The van der Waals surface area contributed by atoms with Crippen LogP contribution in [0.2, 0.25) is 0 Å². The zero-order valence-corrected chi connectivity index (χ0v) is 20.6. The average Bonchev–Trinajstić information content (AvgIpc) is 3.35. The highest BCUT2D eigenvalue weighted by atomic mass is 19.4. The van der Waals surface area contributed by atoms with Gasteiger partial charge in [-0.2, -0.15) is 26.3 Å². The Balaban J connectivity index is 1.79. The summed E-state index contributed by atoms with van der Waals surface area (Å²) in [5.41, 5.74) is 1.09. The van der Waals surface area contributed by atoms with Gasteiger partial charge in [0, 0.05) is 16.6 Å². The van der Waals surface area contributed by atoms with Crippen LogP contribution in [0, 0.1) is 12.8 Å². The molecule has 2 aromatic carbocycles. The summed E-state index contributed by atoms with van der Waals surface area (Å²) in [6, 6.07) is 10.9. The Morgan fingerprint density at radius 2 is 1.30 bits per heavy atom. The van der Waals surface area contributed by atoms with Crippen LogP contribution in [0.15, 0.2) is 48.5 Å². The lowest BCUT2D eigenvalue weighted by Gasteiger charge is -2.29. The fraction of sp³-hybridized carbons (Fsp3) is 0.308. The van der Waals surface area contributed by atoms with Crippen LogP contribution in [0.1, 0.15) is 44.4 Å². The second-order valence-electron chi connectivity index (χ2n) is 8.99. The Morgan fingerprint density at radius 3 is 1.77 bits per heavy atom. The first-order valence-electron chi connectivity index (χ1n) is 11.7. The van der Waals surface area contributed by atoms with Gasteiger partial charge in [0.1, 0.15) is 0 Å². The summed E-state index contributed by atoms with van der Waals surface area (Å²) in [6.45, 7) is -2.66. The van der Waals surface area contributed by atoms with Gasteiger partial charge in [-0.1, -0.05) is 30.3 Å². The molecule has 0 saturated carbocycles. The summed E-state index contributed by atoms with van der Waals surface area (Å²) >= 11 is 0. The summed E-state index contributed by atoms with van der Waals surface area (Å²) in [6.07, 6.45) is -10.9. The Labute approximate surface area is 221 Å². The molecule has 212 valence electrons. The Bertz CT molecular complexity index is 1410. The number of alkyl halides is 6. The topological polar surface area (TPSA) is 106 Å². The number of amides is 2. The molecule has 1 N–H and O–H groups in total. The number of benzene rings is 2. The molecule has 3 aromatic rings. The molecule has 1 atom stereocenters. The van der Waals surface area contributed by atoms with Crippen molar-refractivity contribution >= 4 is 34.7 Å². The van der Waals surface area contributed by atoms with Gasteiger partial charge in [0.2, 0.25) is 0 Å². The lowest BCUT2D eigenvalue weighted by Crippen LogP contribution is -2.40. The quantitative estimate of drug-likeness (QED) is 0.176. The molecule has 14 heteroatoms. The van der Waals surface area contributed by atoms with Crippen molar-refractivity contribution in [2.24, 2.45) is 5.92 Å². The van der Waals surface area contributed by atoms with E-state index in [1.165, 1.54) is 24.3 Å².